The first-order chi connectivity index (χ1) is 5.13. The molecule has 0 bridgehead atoms. The third-order valence-corrected chi connectivity index (χ3v) is 3.11. The molecule has 0 aromatic carbocycles. The van der Waals surface area contributed by atoms with Gasteiger partial charge in [-0.15, -0.1) is 11.3 Å². The van der Waals surface area contributed by atoms with Crippen molar-refractivity contribution in [1.82, 2.24) is 0 Å². The second-order valence-corrected chi connectivity index (χ2v) is 4.50. The summed E-state index contributed by atoms with van der Waals surface area (Å²) in [5.74, 6) is 1.37. The third kappa shape index (κ3) is 3.51. The first-order valence-corrected chi connectivity index (χ1v) is 5.08. The smallest absolute Gasteiger partial charge is 0.0105 e. The van der Waals surface area contributed by atoms with E-state index in [1.165, 1.54) is 5.56 Å². The molecule has 0 aliphatic rings. The van der Waals surface area contributed by atoms with Gasteiger partial charge in [-0.3, -0.25) is 0 Å². The predicted molar refractivity (Wildman–Crippen MR) is 66.0 cm³/mol. The van der Waals surface area contributed by atoms with E-state index in [0.29, 0.717) is 11.8 Å². The van der Waals surface area contributed by atoms with Crippen molar-refractivity contribution in [3.8, 4) is 0 Å². The van der Waals surface area contributed by atoms with Crippen molar-refractivity contribution in [3.63, 3.8) is 0 Å². The van der Waals surface area contributed by atoms with Crippen molar-refractivity contribution in [2.45, 2.75) is 54.4 Å². The van der Waals surface area contributed by atoms with E-state index in [-0.39, 0.29) is 14.9 Å². The minimum Gasteiger partial charge on any atom is -0.148 e. The minimum absolute atomic E-state index is 0. The fourth-order valence-corrected chi connectivity index (χ4v) is 2.35. The zero-order valence-electron chi connectivity index (χ0n) is 7.72. The quantitative estimate of drug-likeness (QED) is 0.610. The van der Waals surface area contributed by atoms with Crippen LogP contribution in [-0.4, -0.2) is 0 Å². The third-order valence-electron chi connectivity index (χ3n) is 1.87. The molecule has 0 spiro atoms. The topological polar surface area (TPSA) is 0 Å². The normalized spacial score (nSPS) is 9.69. The molecule has 1 heterocycles. The van der Waals surface area contributed by atoms with Gasteiger partial charge < -0.3 is 0 Å². The fraction of sp³-hybridized carbons (Fsp3) is 0.667. The van der Waals surface area contributed by atoms with Crippen molar-refractivity contribution >= 4 is 11.3 Å². The first-order valence-electron chi connectivity index (χ1n) is 4.20. The van der Waals surface area contributed by atoms with Crippen LogP contribution in [0.4, 0.5) is 0 Å². The highest BCUT2D eigenvalue weighted by molar-refractivity contribution is 7.10. The highest BCUT2D eigenvalue weighted by Gasteiger charge is 2.09. The zero-order valence-corrected chi connectivity index (χ0v) is 8.53. The van der Waals surface area contributed by atoms with Gasteiger partial charge in [0.2, 0.25) is 0 Å². The van der Waals surface area contributed by atoms with Crippen molar-refractivity contribution in [2.75, 3.05) is 0 Å². The Kier molecular flexibility index (Phi) is 7.24. The molecule has 0 nitrogen and oxygen atoms in total. The molecule has 0 aliphatic carbocycles. The van der Waals surface area contributed by atoms with Gasteiger partial charge in [0.15, 0.2) is 0 Å². The SMILES string of the molecule is C.C.CC(C)c1ccsc1C(C)C. The Hall–Kier alpha value is -0.300. The average molecular weight is 200 g/mol. The summed E-state index contributed by atoms with van der Waals surface area (Å²) in [6.07, 6.45) is 0. The maximum atomic E-state index is 2.26. The average Bonchev–Trinajstić information content (AvgIpc) is 2.32. The van der Waals surface area contributed by atoms with Crippen LogP contribution >= 0.6 is 11.3 Å². The first kappa shape index (κ1) is 15.2. The van der Waals surface area contributed by atoms with Crippen molar-refractivity contribution in [1.29, 1.82) is 0 Å². The monoisotopic (exact) mass is 200 g/mol. The molecule has 0 radical (unpaired) electrons. The Morgan fingerprint density at radius 1 is 1.00 bits per heavy atom. The summed E-state index contributed by atoms with van der Waals surface area (Å²) < 4.78 is 0. The minimum atomic E-state index is 0. The lowest BCUT2D eigenvalue weighted by Gasteiger charge is -2.08. The maximum absolute atomic E-state index is 2.26. The standard InChI is InChI=1S/C10H16S.2CH4/c1-7(2)9-5-6-11-10(9)8(3)4;;/h5-8H,1-4H3;2*1H4. The molecule has 0 saturated carbocycles. The van der Waals surface area contributed by atoms with Crippen LogP contribution in [0, 0.1) is 0 Å². The van der Waals surface area contributed by atoms with Crippen LogP contribution in [0.15, 0.2) is 11.4 Å². The van der Waals surface area contributed by atoms with Gasteiger partial charge in [-0.05, 0) is 28.8 Å². The van der Waals surface area contributed by atoms with Gasteiger partial charge in [-0.1, -0.05) is 42.5 Å². The van der Waals surface area contributed by atoms with E-state index in [4.69, 9.17) is 0 Å². The maximum Gasteiger partial charge on any atom is 0.0105 e. The van der Waals surface area contributed by atoms with Crippen LogP contribution in [0.1, 0.15) is 64.8 Å². The lowest BCUT2D eigenvalue weighted by atomic mass is 9.99. The second kappa shape index (κ2) is 6.20. The molecule has 0 saturated heterocycles. The predicted octanol–water partition coefficient (Wildman–Crippen LogP) is 5.27. The molecule has 1 aromatic heterocycles. The molecule has 1 rings (SSSR count). The molecule has 78 valence electrons. The van der Waals surface area contributed by atoms with Gasteiger partial charge in [0.05, 0.1) is 0 Å². The highest BCUT2D eigenvalue weighted by Crippen LogP contribution is 2.30. The number of rotatable bonds is 2. The van der Waals surface area contributed by atoms with Crippen LogP contribution in [-0.2, 0) is 0 Å². The van der Waals surface area contributed by atoms with Gasteiger partial charge in [0.1, 0.15) is 0 Å². The molecular weight excluding hydrogens is 176 g/mol. The molecule has 0 amide bonds. The molecule has 0 fully saturated rings. The van der Waals surface area contributed by atoms with E-state index in [2.05, 4.69) is 39.1 Å². The highest BCUT2D eigenvalue weighted by atomic mass is 32.1. The Morgan fingerprint density at radius 3 is 1.85 bits per heavy atom. The summed E-state index contributed by atoms with van der Waals surface area (Å²) in [5, 5.41) is 2.20. The molecular formula is C12H24S. The van der Waals surface area contributed by atoms with Crippen LogP contribution in [0.3, 0.4) is 0 Å². The number of hydrogen-bond donors (Lipinski definition) is 0. The summed E-state index contributed by atoms with van der Waals surface area (Å²) in [4.78, 5) is 1.56. The van der Waals surface area contributed by atoms with Crippen LogP contribution in [0.25, 0.3) is 0 Å². The summed E-state index contributed by atoms with van der Waals surface area (Å²) in [6, 6.07) is 2.25. The Morgan fingerprint density at radius 2 is 1.54 bits per heavy atom. The molecule has 0 aliphatic heterocycles. The summed E-state index contributed by atoms with van der Waals surface area (Å²) in [7, 11) is 0. The van der Waals surface area contributed by atoms with Gasteiger partial charge >= 0.3 is 0 Å². The Labute approximate surface area is 88.0 Å². The lowest BCUT2D eigenvalue weighted by Crippen LogP contribution is -1.91. The van der Waals surface area contributed by atoms with E-state index in [0.717, 1.165) is 0 Å². The largest absolute Gasteiger partial charge is 0.148 e. The number of thiophene rings is 1. The van der Waals surface area contributed by atoms with E-state index in [1.807, 2.05) is 11.3 Å². The van der Waals surface area contributed by atoms with Crippen LogP contribution < -0.4 is 0 Å². The summed E-state index contributed by atoms with van der Waals surface area (Å²) in [6.45, 7) is 9.04. The van der Waals surface area contributed by atoms with Crippen molar-refractivity contribution < 1.29 is 0 Å². The molecule has 0 unspecified atom stereocenters. The Bertz CT molecular complexity index is 198. The van der Waals surface area contributed by atoms with Crippen LogP contribution in [0.2, 0.25) is 0 Å². The van der Waals surface area contributed by atoms with Gasteiger partial charge in [0.25, 0.3) is 0 Å². The summed E-state index contributed by atoms with van der Waals surface area (Å²) >= 11 is 1.89. The molecule has 1 aromatic rings. The van der Waals surface area contributed by atoms with Crippen molar-refractivity contribution in [3.05, 3.63) is 21.9 Å². The zero-order chi connectivity index (χ0) is 8.43. The number of hydrogen-bond acceptors (Lipinski definition) is 1. The molecule has 0 N–H and O–H groups in total. The summed E-state index contributed by atoms with van der Waals surface area (Å²) in [5.41, 5.74) is 1.53. The van der Waals surface area contributed by atoms with E-state index >= 15 is 0 Å². The van der Waals surface area contributed by atoms with Crippen LogP contribution in [0.5, 0.6) is 0 Å². The van der Waals surface area contributed by atoms with Gasteiger partial charge in [0, 0.05) is 4.88 Å². The van der Waals surface area contributed by atoms with E-state index in [1.54, 1.807) is 4.88 Å². The molecule has 0 atom stereocenters. The van der Waals surface area contributed by atoms with Gasteiger partial charge in [-0.25, -0.2) is 0 Å². The van der Waals surface area contributed by atoms with E-state index in [9.17, 15) is 0 Å². The fourth-order valence-electron chi connectivity index (χ4n) is 1.28. The Balaban J connectivity index is 0. The molecule has 13 heavy (non-hydrogen) atoms. The van der Waals surface area contributed by atoms with Gasteiger partial charge in [-0.2, -0.15) is 0 Å². The lowest BCUT2D eigenvalue weighted by molar-refractivity contribution is 0.810. The van der Waals surface area contributed by atoms with Crippen molar-refractivity contribution in [2.24, 2.45) is 0 Å². The second-order valence-electron chi connectivity index (χ2n) is 3.55. The molecule has 1 heteroatoms. The van der Waals surface area contributed by atoms with E-state index < -0.39 is 0 Å².